The summed E-state index contributed by atoms with van der Waals surface area (Å²) in [5, 5.41) is 18.8. The van der Waals surface area contributed by atoms with E-state index in [0.29, 0.717) is 53.1 Å². The Morgan fingerprint density at radius 2 is 1.64 bits per heavy atom. The van der Waals surface area contributed by atoms with Crippen LogP contribution in [0.5, 0.6) is 11.5 Å². The van der Waals surface area contributed by atoms with Crippen molar-refractivity contribution in [2.45, 2.75) is 76.4 Å². The molecular formula is C28H30N3O7P. The standard InChI is InChI=1S/C28H30N3O7P/c1-27(2)23(14-19-12-17(15-29)7-9-21(19)35-27)37-39(33,34)38-26-25(31-11-5-6-24(31)32)20-13-18(16-30)8-10-22(20)36-28(26,3)4/h7-10,12-13,23,25-26H,5-6,11,14H2,1-4H3,(H,33,34)/t23-,25+,26-/m0/s1. The third-order valence-electron chi connectivity index (χ3n) is 7.50. The van der Waals surface area contributed by atoms with Gasteiger partial charge < -0.3 is 19.3 Å². The number of nitriles is 2. The number of carbonyl (C=O) groups is 1. The molecule has 1 N–H and O–H groups in total. The summed E-state index contributed by atoms with van der Waals surface area (Å²) >= 11 is 0. The van der Waals surface area contributed by atoms with Gasteiger partial charge in [-0.15, -0.1) is 0 Å². The molecule has 0 aliphatic carbocycles. The highest BCUT2D eigenvalue weighted by Crippen LogP contribution is 2.55. The van der Waals surface area contributed by atoms with E-state index in [0.717, 1.165) is 0 Å². The first-order valence-corrected chi connectivity index (χ1v) is 14.3. The largest absolute Gasteiger partial charge is 0.485 e. The van der Waals surface area contributed by atoms with Gasteiger partial charge in [0, 0.05) is 24.9 Å². The van der Waals surface area contributed by atoms with Crippen LogP contribution >= 0.6 is 7.82 Å². The summed E-state index contributed by atoms with van der Waals surface area (Å²) in [6.45, 7) is 7.38. The van der Waals surface area contributed by atoms with Gasteiger partial charge in [0.25, 0.3) is 0 Å². The van der Waals surface area contributed by atoms with Gasteiger partial charge in [-0.25, -0.2) is 4.57 Å². The van der Waals surface area contributed by atoms with Gasteiger partial charge in [-0.1, -0.05) is 0 Å². The average Bonchev–Trinajstić information content (AvgIpc) is 3.29. The summed E-state index contributed by atoms with van der Waals surface area (Å²) in [5.41, 5.74) is -0.101. The fraction of sp³-hybridized carbons (Fsp3) is 0.464. The zero-order chi connectivity index (χ0) is 28.2. The van der Waals surface area contributed by atoms with Gasteiger partial charge in [-0.2, -0.15) is 10.5 Å². The number of rotatable bonds is 5. The Morgan fingerprint density at radius 3 is 2.28 bits per heavy atom. The predicted molar refractivity (Wildman–Crippen MR) is 139 cm³/mol. The molecule has 10 nitrogen and oxygen atoms in total. The van der Waals surface area contributed by atoms with Crippen molar-refractivity contribution in [3.8, 4) is 23.6 Å². The second kappa shape index (κ2) is 9.66. The summed E-state index contributed by atoms with van der Waals surface area (Å²) in [4.78, 5) is 25.6. The van der Waals surface area contributed by atoms with Crippen molar-refractivity contribution in [3.05, 3.63) is 58.7 Å². The minimum atomic E-state index is -4.78. The molecule has 204 valence electrons. The Labute approximate surface area is 227 Å². The lowest BCUT2D eigenvalue weighted by atomic mass is 9.85. The van der Waals surface area contributed by atoms with Gasteiger partial charge in [0.05, 0.1) is 29.3 Å². The molecule has 0 bridgehead atoms. The molecule has 0 aromatic heterocycles. The van der Waals surface area contributed by atoms with Gasteiger partial charge in [0.1, 0.15) is 34.9 Å². The zero-order valence-electron chi connectivity index (χ0n) is 22.2. The van der Waals surface area contributed by atoms with Crippen molar-refractivity contribution in [2.24, 2.45) is 0 Å². The molecular weight excluding hydrogens is 521 g/mol. The molecule has 0 spiro atoms. The number of ether oxygens (including phenoxy) is 2. The number of nitrogens with zero attached hydrogens (tertiary/aromatic N) is 3. The number of likely N-dealkylation sites (tertiary alicyclic amines) is 1. The number of phosphoric acid groups is 1. The molecule has 4 atom stereocenters. The van der Waals surface area contributed by atoms with E-state index in [1.165, 1.54) is 0 Å². The third-order valence-corrected chi connectivity index (χ3v) is 8.51. The molecule has 5 rings (SSSR count). The van der Waals surface area contributed by atoms with Crippen LogP contribution in [0.25, 0.3) is 0 Å². The van der Waals surface area contributed by atoms with Crippen LogP contribution in [0.1, 0.15) is 68.8 Å². The van der Waals surface area contributed by atoms with Crippen LogP contribution in [-0.2, 0) is 24.8 Å². The fourth-order valence-electron chi connectivity index (χ4n) is 5.50. The molecule has 1 amide bonds. The summed E-state index contributed by atoms with van der Waals surface area (Å²) < 4.78 is 37.6. The van der Waals surface area contributed by atoms with Crippen molar-refractivity contribution in [2.75, 3.05) is 6.54 Å². The maximum absolute atomic E-state index is 13.6. The molecule has 3 heterocycles. The van der Waals surface area contributed by atoms with Gasteiger partial charge in [0.2, 0.25) is 5.91 Å². The van der Waals surface area contributed by atoms with Crippen molar-refractivity contribution in [3.63, 3.8) is 0 Å². The fourth-order valence-corrected chi connectivity index (χ4v) is 6.86. The molecule has 39 heavy (non-hydrogen) atoms. The highest BCUT2D eigenvalue weighted by molar-refractivity contribution is 7.47. The number of phosphoric ester groups is 1. The summed E-state index contributed by atoms with van der Waals surface area (Å²) in [7, 11) is -4.78. The zero-order valence-corrected chi connectivity index (χ0v) is 23.1. The monoisotopic (exact) mass is 551 g/mol. The van der Waals surface area contributed by atoms with Gasteiger partial charge in [-0.3, -0.25) is 13.8 Å². The number of hydrogen-bond acceptors (Lipinski definition) is 8. The topological polar surface area (TPSA) is 142 Å². The Balaban J connectivity index is 1.48. The smallest absolute Gasteiger partial charge is 0.473 e. The molecule has 3 aliphatic heterocycles. The van der Waals surface area contributed by atoms with Crippen molar-refractivity contribution in [1.29, 1.82) is 10.5 Å². The van der Waals surface area contributed by atoms with Crippen LogP contribution in [0, 0.1) is 22.7 Å². The van der Waals surface area contributed by atoms with Crippen LogP contribution in [0.4, 0.5) is 0 Å². The van der Waals surface area contributed by atoms with E-state index in [4.69, 9.17) is 18.5 Å². The Morgan fingerprint density at radius 1 is 1.00 bits per heavy atom. The van der Waals surface area contributed by atoms with E-state index < -0.39 is 37.3 Å². The lowest BCUT2D eigenvalue weighted by Gasteiger charge is -2.48. The first-order chi connectivity index (χ1) is 18.3. The van der Waals surface area contributed by atoms with Gasteiger partial charge in [0.15, 0.2) is 0 Å². The molecule has 0 radical (unpaired) electrons. The van der Waals surface area contributed by atoms with E-state index in [9.17, 15) is 24.8 Å². The Kier molecular flexibility index (Phi) is 6.73. The van der Waals surface area contributed by atoms with Gasteiger partial charge >= 0.3 is 7.82 Å². The van der Waals surface area contributed by atoms with E-state index in [1.54, 1.807) is 69.0 Å². The van der Waals surface area contributed by atoms with E-state index in [1.807, 2.05) is 0 Å². The summed E-state index contributed by atoms with van der Waals surface area (Å²) in [5.74, 6) is 0.941. The van der Waals surface area contributed by atoms with Crippen LogP contribution < -0.4 is 9.47 Å². The quantitative estimate of drug-likeness (QED) is 0.530. The van der Waals surface area contributed by atoms with Crippen molar-refractivity contribution >= 4 is 13.7 Å². The Hall–Kier alpha value is -3.40. The highest BCUT2D eigenvalue weighted by Gasteiger charge is 2.53. The maximum atomic E-state index is 13.6. The number of hydrogen-bond donors (Lipinski definition) is 1. The lowest BCUT2D eigenvalue weighted by molar-refractivity contribution is -0.140. The third kappa shape index (κ3) is 5.14. The molecule has 2 aromatic rings. The second-order valence-electron chi connectivity index (χ2n) is 11.1. The van der Waals surface area contributed by atoms with Gasteiger partial charge in [-0.05, 0) is 76.1 Å². The summed E-state index contributed by atoms with van der Waals surface area (Å²) in [6, 6.07) is 13.4. The molecule has 1 fully saturated rings. The molecule has 1 saturated heterocycles. The number of carbonyl (C=O) groups excluding carboxylic acids is 1. The lowest BCUT2D eigenvalue weighted by Crippen LogP contribution is -2.55. The normalized spacial score (nSPS) is 26.2. The first-order valence-electron chi connectivity index (χ1n) is 12.8. The van der Waals surface area contributed by atoms with E-state index in [-0.39, 0.29) is 12.3 Å². The van der Waals surface area contributed by atoms with Crippen LogP contribution in [0.2, 0.25) is 0 Å². The minimum absolute atomic E-state index is 0.111. The maximum Gasteiger partial charge on any atom is 0.473 e. The molecule has 3 aliphatic rings. The van der Waals surface area contributed by atoms with Crippen LogP contribution in [0.15, 0.2) is 36.4 Å². The highest BCUT2D eigenvalue weighted by atomic mass is 31.2. The second-order valence-corrected chi connectivity index (χ2v) is 12.5. The van der Waals surface area contributed by atoms with Crippen LogP contribution in [0.3, 0.4) is 0 Å². The number of fused-ring (bicyclic) bond motifs is 2. The van der Waals surface area contributed by atoms with E-state index >= 15 is 0 Å². The SMILES string of the molecule is CC1(C)Oc2ccc(C#N)cc2C[C@@H]1OP(=O)(O)O[C@H]1[C@H](N2CCCC2=O)c2cc(C#N)ccc2OC1(C)C. The van der Waals surface area contributed by atoms with Crippen LogP contribution in [-0.4, -0.2) is 45.7 Å². The molecule has 2 aromatic carbocycles. The number of benzene rings is 2. The molecule has 0 saturated carbocycles. The average molecular weight is 552 g/mol. The van der Waals surface area contributed by atoms with Crippen molar-refractivity contribution in [1.82, 2.24) is 4.90 Å². The molecule has 1 unspecified atom stereocenters. The van der Waals surface area contributed by atoms with Crippen molar-refractivity contribution < 1.29 is 32.8 Å². The minimum Gasteiger partial charge on any atom is -0.485 e. The number of amides is 1. The first kappa shape index (κ1) is 27.2. The Bertz CT molecular complexity index is 1460. The predicted octanol–water partition coefficient (Wildman–Crippen LogP) is 4.55. The van der Waals surface area contributed by atoms with E-state index in [2.05, 4.69) is 12.1 Å². The molecule has 11 heteroatoms. The summed E-state index contributed by atoms with van der Waals surface area (Å²) in [6.07, 6.45) is -0.767.